The SMILES string of the molecule is CCc1ccc(F)c(C(Nc2ccc3c(N)nccc3c2)c2nc(-c3cccc(C#N)c3)nn2C)c1.O=C(O)C(F)(F)F. The maximum absolute atomic E-state index is 15.3. The number of hydrogen-bond acceptors (Lipinski definition) is 7. The van der Waals surface area contributed by atoms with E-state index in [1.807, 2.05) is 43.3 Å². The number of aliphatic carboxylic acids is 1. The number of rotatable bonds is 6. The second kappa shape index (κ2) is 12.6. The van der Waals surface area contributed by atoms with Crippen molar-refractivity contribution in [3.05, 3.63) is 101 Å². The monoisotopic (exact) mass is 591 g/mol. The van der Waals surface area contributed by atoms with E-state index in [0.717, 1.165) is 28.4 Å². The lowest BCUT2D eigenvalue weighted by molar-refractivity contribution is -0.192. The molecule has 0 fully saturated rings. The number of carbonyl (C=O) groups is 1. The molecule has 0 spiro atoms. The van der Waals surface area contributed by atoms with E-state index in [4.69, 9.17) is 20.6 Å². The highest BCUT2D eigenvalue weighted by atomic mass is 19.4. The van der Waals surface area contributed by atoms with Crippen molar-refractivity contribution in [3.8, 4) is 17.5 Å². The molecule has 0 amide bonds. The fraction of sp³-hybridized carbons (Fsp3) is 0.167. The number of carboxylic acid groups (broad SMARTS) is 1. The van der Waals surface area contributed by atoms with Gasteiger partial charge in [0.25, 0.3) is 0 Å². The van der Waals surface area contributed by atoms with Gasteiger partial charge in [0.05, 0.1) is 11.6 Å². The lowest BCUT2D eigenvalue weighted by atomic mass is 10.0. The van der Waals surface area contributed by atoms with Crippen LogP contribution in [0.3, 0.4) is 0 Å². The quantitative estimate of drug-likeness (QED) is 0.204. The number of nitrogens with one attached hydrogen (secondary N) is 1. The lowest BCUT2D eigenvalue weighted by Crippen LogP contribution is -2.21. The minimum atomic E-state index is -5.08. The Bertz CT molecular complexity index is 1830. The highest BCUT2D eigenvalue weighted by Crippen LogP contribution is 2.32. The topological polar surface area (TPSA) is 143 Å². The number of aryl methyl sites for hydroxylation is 2. The predicted octanol–water partition coefficient (Wildman–Crippen LogP) is 6.02. The molecule has 0 radical (unpaired) electrons. The maximum Gasteiger partial charge on any atom is 0.490 e. The van der Waals surface area contributed by atoms with E-state index in [-0.39, 0.29) is 5.82 Å². The van der Waals surface area contributed by atoms with E-state index in [1.54, 1.807) is 42.2 Å². The van der Waals surface area contributed by atoms with Crippen LogP contribution >= 0.6 is 0 Å². The lowest BCUT2D eigenvalue weighted by Gasteiger charge is -2.21. The second-order valence-electron chi connectivity index (χ2n) is 9.33. The molecular weight excluding hydrogens is 566 g/mol. The Kier molecular flexibility index (Phi) is 8.89. The number of halogens is 4. The van der Waals surface area contributed by atoms with Crippen LogP contribution in [0.5, 0.6) is 0 Å². The molecule has 0 aliphatic carbocycles. The summed E-state index contributed by atoms with van der Waals surface area (Å²) in [6, 6.07) is 21.4. The Morgan fingerprint density at radius 1 is 1.14 bits per heavy atom. The van der Waals surface area contributed by atoms with Crippen molar-refractivity contribution in [1.82, 2.24) is 19.7 Å². The molecular formula is C30H25F4N7O2. The summed E-state index contributed by atoms with van der Waals surface area (Å²) in [6.45, 7) is 2.03. The summed E-state index contributed by atoms with van der Waals surface area (Å²) < 4.78 is 48.6. The molecule has 13 heteroatoms. The molecule has 9 nitrogen and oxygen atoms in total. The number of aromatic nitrogens is 4. The van der Waals surface area contributed by atoms with Gasteiger partial charge >= 0.3 is 12.1 Å². The van der Waals surface area contributed by atoms with Crippen molar-refractivity contribution >= 4 is 28.2 Å². The minimum absolute atomic E-state index is 0.338. The number of nitrogens with zero attached hydrogens (tertiary/aromatic N) is 5. The number of anilines is 2. The van der Waals surface area contributed by atoms with Gasteiger partial charge in [-0.2, -0.15) is 23.5 Å². The summed E-state index contributed by atoms with van der Waals surface area (Å²) in [4.78, 5) is 17.8. The number of hydrogen-bond donors (Lipinski definition) is 3. The molecule has 0 saturated carbocycles. The van der Waals surface area contributed by atoms with Gasteiger partial charge in [0.2, 0.25) is 0 Å². The number of fused-ring (bicyclic) bond motifs is 1. The smallest absolute Gasteiger partial charge is 0.475 e. The zero-order valence-corrected chi connectivity index (χ0v) is 22.9. The van der Waals surface area contributed by atoms with Crippen molar-refractivity contribution in [2.75, 3.05) is 11.1 Å². The predicted molar refractivity (Wildman–Crippen MR) is 152 cm³/mol. The molecule has 0 bridgehead atoms. The van der Waals surface area contributed by atoms with E-state index >= 15 is 4.39 Å². The summed E-state index contributed by atoms with van der Waals surface area (Å²) in [7, 11) is 1.78. The molecule has 5 rings (SSSR count). The number of pyridine rings is 1. The van der Waals surface area contributed by atoms with Crippen LogP contribution in [-0.2, 0) is 18.3 Å². The molecule has 1 unspecified atom stereocenters. The third kappa shape index (κ3) is 7.05. The molecule has 5 aromatic rings. The first-order valence-electron chi connectivity index (χ1n) is 12.8. The number of nitrogens with two attached hydrogens (primary N) is 1. The zero-order chi connectivity index (χ0) is 31.3. The number of benzene rings is 3. The highest BCUT2D eigenvalue weighted by molar-refractivity contribution is 5.93. The van der Waals surface area contributed by atoms with Crippen LogP contribution in [0.4, 0.5) is 29.1 Å². The van der Waals surface area contributed by atoms with Crippen molar-refractivity contribution in [3.63, 3.8) is 0 Å². The average Bonchev–Trinajstić information content (AvgIpc) is 3.37. The molecule has 220 valence electrons. The summed E-state index contributed by atoms with van der Waals surface area (Å²) in [5, 5.41) is 26.2. The van der Waals surface area contributed by atoms with Gasteiger partial charge in [0.1, 0.15) is 17.7 Å². The minimum Gasteiger partial charge on any atom is -0.475 e. The molecule has 1 atom stereocenters. The third-order valence-corrected chi connectivity index (χ3v) is 6.43. The standard InChI is InChI=1S/C28H24FN7.C2HF3O2/c1-3-17-7-10-24(29)23(14-17)25(33-21-8-9-22-19(15-21)11-12-32-26(22)31)28-34-27(35-36(28)2)20-6-4-5-18(13-20)16-30;3-2(4,5)1(6)7/h4-15,25,33H,3H2,1-2H3,(H2,31,32);(H,6,7). The Morgan fingerprint density at radius 2 is 1.88 bits per heavy atom. The largest absolute Gasteiger partial charge is 0.490 e. The van der Waals surface area contributed by atoms with Gasteiger partial charge < -0.3 is 16.2 Å². The van der Waals surface area contributed by atoms with Crippen LogP contribution in [0.25, 0.3) is 22.2 Å². The first kappa shape index (κ1) is 30.4. The molecule has 3 aromatic carbocycles. The summed E-state index contributed by atoms with van der Waals surface area (Å²) in [5.74, 6) is -1.65. The van der Waals surface area contributed by atoms with E-state index < -0.39 is 18.2 Å². The van der Waals surface area contributed by atoms with Crippen molar-refractivity contribution in [2.24, 2.45) is 7.05 Å². The Labute approximate surface area is 243 Å². The van der Waals surface area contributed by atoms with Gasteiger partial charge in [-0.25, -0.2) is 19.2 Å². The second-order valence-corrected chi connectivity index (χ2v) is 9.33. The fourth-order valence-corrected chi connectivity index (χ4v) is 4.27. The Morgan fingerprint density at radius 3 is 2.56 bits per heavy atom. The van der Waals surface area contributed by atoms with E-state index in [1.165, 1.54) is 6.07 Å². The highest BCUT2D eigenvalue weighted by Gasteiger charge is 2.38. The number of nitrogen functional groups attached to an aromatic ring is 1. The summed E-state index contributed by atoms with van der Waals surface area (Å²) >= 11 is 0. The molecule has 4 N–H and O–H groups in total. The summed E-state index contributed by atoms with van der Waals surface area (Å²) in [5.41, 5.74) is 9.50. The van der Waals surface area contributed by atoms with E-state index in [0.29, 0.717) is 34.2 Å². The van der Waals surface area contributed by atoms with E-state index in [9.17, 15) is 18.4 Å². The van der Waals surface area contributed by atoms with Crippen molar-refractivity contribution in [2.45, 2.75) is 25.6 Å². The average molecular weight is 592 g/mol. The first-order chi connectivity index (χ1) is 20.4. The van der Waals surface area contributed by atoms with Crippen molar-refractivity contribution < 1.29 is 27.5 Å². The first-order valence-corrected chi connectivity index (χ1v) is 12.8. The molecule has 43 heavy (non-hydrogen) atoms. The fourth-order valence-electron chi connectivity index (χ4n) is 4.27. The van der Waals surface area contributed by atoms with Crippen LogP contribution in [0.1, 0.15) is 35.5 Å². The molecule has 0 aliphatic rings. The molecule has 2 aromatic heterocycles. The van der Waals surface area contributed by atoms with E-state index in [2.05, 4.69) is 21.5 Å². The van der Waals surface area contributed by atoms with Crippen molar-refractivity contribution in [1.29, 1.82) is 5.26 Å². The normalized spacial score (nSPS) is 11.7. The van der Waals surface area contributed by atoms with Crippen LogP contribution in [0, 0.1) is 17.1 Å². The van der Waals surface area contributed by atoms with Gasteiger partial charge in [-0.3, -0.25) is 4.68 Å². The van der Waals surface area contributed by atoms with Gasteiger partial charge in [-0.15, -0.1) is 0 Å². The number of carboxylic acids is 1. The Balaban J connectivity index is 0.000000541. The van der Waals surface area contributed by atoms with Gasteiger partial charge in [0, 0.05) is 35.4 Å². The molecule has 0 saturated heterocycles. The maximum atomic E-state index is 15.3. The summed E-state index contributed by atoms with van der Waals surface area (Å²) in [6.07, 6.45) is -2.65. The third-order valence-electron chi connectivity index (χ3n) is 6.43. The van der Waals surface area contributed by atoms with Gasteiger partial charge in [-0.1, -0.05) is 31.2 Å². The Hall–Kier alpha value is -5.51. The van der Waals surface area contributed by atoms with Crippen LogP contribution in [-0.4, -0.2) is 37.0 Å². The van der Waals surface area contributed by atoms with Gasteiger partial charge in [0.15, 0.2) is 11.6 Å². The molecule has 2 heterocycles. The van der Waals surface area contributed by atoms with Gasteiger partial charge in [-0.05, 0) is 59.8 Å². The van der Waals surface area contributed by atoms with Crippen LogP contribution < -0.4 is 11.1 Å². The van der Waals surface area contributed by atoms with Crippen LogP contribution in [0.15, 0.2) is 72.9 Å². The number of alkyl halides is 3. The van der Waals surface area contributed by atoms with Crippen LogP contribution in [0.2, 0.25) is 0 Å². The zero-order valence-electron chi connectivity index (χ0n) is 22.9. The molecule has 0 aliphatic heterocycles. The number of nitriles is 1.